The number of carbonyl (C=O) groups is 2. The van der Waals surface area contributed by atoms with Crippen molar-refractivity contribution in [1.29, 1.82) is 0 Å². The molecule has 2 amide bonds. The minimum atomic E-state index is -0.414. The van der Waals surface area contributed by atoms with Gasteiger partial charge in [0.2, 0.25) is 5.91 Å². The standard InChI is InChI=1S/C20H18N2O2/c1-13-6-8-14(9-7-13)10-17-20(24)22-12-16-5-3-2-4-15(16)11-18(22)19(23)21-17/h2-10,18H,11-12H2,1H3,(H,21,23)/t18-/m0/s1. The number of amides is 2. The number of aryl methyl sites for hydroxylation is 1. The topological polar surface area (TPSA) is 49.4 Å². The Bertz CT molecular complexity index is 852. The summed E-state index contributed by atoms with van der Waals surface area (Å²) in [6.45, 7) is 2.50. The summed E-state index contributed by atoms with van der Waals surface area (Å²) < 4.78 is 0. The van der Waals surface area contributed by atoms with Gasteiger partial charge in [-0.1, -0.05) is 54.1 Å². The van der Waals surface area contributed by atoms with Gasteiger partial charge in [-0.05, 0) is 29.7 Å². The van der Waals surface area contributed by atoms with Crippen LogP contribution in [0.2, 0.25) is 0 Å². The van der Waals surface area contributed by atoms with E-state index in [1.807, 2.05) is 55.5 Å². The first-order chi connectivity index (χ1) is 11.6. The first kappa shape index (κ1) is 14.7. The number of benzene rings is 2. The van der Waals surface area contributed by atoms with Gasteiger partial charge in [-0.2, -0.15) is 0 Å². The van der Waals surface area contributed by atoms with Gasteiger partial charge in [0.25, 0.3) is 5.91 Å². The molecule has 0 aliphatic carbocycles. The van der Waals surface area contributed by atoms with Gasteiger partial charge in [0.15, 0.2) is 0 Å². The fourth-order valence-corrected chi connectivity index (χ4v) is 3.32. The zero-order valence-electron chi connectivity index (χ0n) is 13.5. The average Bonchev–Trinajstić information content (AvgIpc) is 2.60. The first-order valence-electron chi connectivity index (χ1n) is 8.09. The summed E-state index contributed by atoms with van der Waals surface area (Å²) >= 11 is 0. The second kappa shape index (κ2) is 5.64. The molecule has 1 fully saturated rings. The number of fused-ring (bicyclic) bond motifs is 2. The van der Waals surface area contributed by atoms with Gasteiger partial charge in [-0.15, -0.1) is 0 Å². The molecule has 0 radical (unpaired) electrons. The molecule has 0 bridgehead atoms. The number of piperazine rings is 1. The van der Waals surface area contributed by atoms with Gasteiger partial charge < -0.3 is 10.2 Å². The summed E-state index contributed by atoms with van der Waals surface area (Å²) in [4.78, 5) is 27.0. The van der Waals surface area contributed by atoms with Crippen molar-refractivity contribution in [3.05, 3.63) is 76.5 Å². The Balaban J connectivity index is 1.67. The number of nitrogens with zero attached hydrogens (tertiary/aromatic N) is 1. The van der Waals surface area contributed by atoms with E-state index in [1.54, 1.807) is 11.0 Å². The van der Waals surface area contributed by atoms with Crippen LogP contribution in [-0.4, -0.2) is 22.8 Å². The lowest BCUT2D eigenvalue weighted by Crippen LogP contribution is -2.58. The third-order valence-electron chi connectivity index (χ3n) is 4.69. The highest BCUT2D eigenvalue weighted by atomic mass is 16.2. The van der Waals surface area contributed by atoms with Crippen LogP contribution in [-0.2, 0) is 22.6 Å². The largest absolute Gasteiger partial charge is 0.321 e. The lowest BCUT2D eigenvalue weighted by Gasteiger charge is -2.39. The number of nitrogens with one attached hydrogen (secondary N) is 1. The fourth-order valence-electron chi connectivity index (χ4n) is 3.32. The van der Waals surface area contributed by atoms with Crippen LogP contribution in [0.25, 0.3) is 6.08 Å². The molecule has 2 aromatic rings. The van der Waals surface area contributed by atoms with Gasteiger partial charge in [0.05, 0.1) is 0 Å². The van der Waals surface area contributed by atoms with E-state index in [1.165, 1.54) is 0 Å². The summed E-state index contributed by atoms with van der Waals surface area (Å²) in [6.07, 6.45) is 2.32. The number of hydrogen-bond acceptors (Lipinski definition) is 2. The van der Waals surface area contributed by atoms with Crippen LogP contribution in [0, 0.1) is 6.92 Å². The molecule has 0 aromatic heterocycles. The highest BCUT2D eigenvalue weighted by molar-refractivity contribution is 6.07. The Hall–Kier alpha value is -2.88. The number of rotatable bonds is 1. The second-order valence-electron chi connectivity index (χ2n) is 6.38. The Morgan fingerprint density at radius 1 is 1.04 bits per heavy atom. The third kappa shape index (κ3) is 2.50. The van der Waals surface area contributed by atoms with Crippen molar-refractivity contribution in [2.75, 3.05) is 0 Å². The Kier molecular flexibility index (Phi) is 3.45. The molecule has 4 rings (SSSR count). The molecule has 0 spiro atoms. The zero-order valence-corrected chi connectivity index (χ0v) is 13.5. The van der Waals surface area contributed by atoms with Crippen LogP contribution in [0.4, 0.5) is 0 Å². The van der Waals surface area contributed by atoms with Crippen LogP contribution in [0.15, 0.2) is 54.2 Å². The van der Waals surface area contributed by atoms with Gasteiger partial charge in [-0.25, -0.2) is 0 Å². The molecular formula is C20H18N2O2. The van der Waals surface area contributed by atoms with Crippen molar-refractivity contribution in [2.45, 2.75) is 25.9 Å². The maximum absolute atomic E-state index is 12.8. The van der Waals surface area contributed by atoms with E-state index in [2.05, 4.69) is 5.32 Å². The van der Waals surface area contributed by atoms with E-state index < -0.39 is 6.04 Å². The minimum Gasteiger partial charge on any atom is -0.321 e. The van der Waals surface area contributed by atoms with Gasteiger partial charge >= 0.3 is 0 Å². The van der Waals surface area contributed by atoms with Crippen molar-refractivity contribution >= 4 is 17.9 Å². The minimum absolute atomic E-state index is 0.109. The molecule has 1 saturated heterocycles. The lowest BCUT2D eigenvalue weighted by molar-refractivity contribution is -0.143. The monoisotopic (exact) mass is 318 g/mol. The van der Waals surface area contributed by atoms with Crippen molar-refractivity contribution < 1.29 is 9.59 Å². The second-order valence-corrected chi connectivity index (χ2v) is 6.38. The SMILES string of the molecule is Cc1ccc(C=C2NC(=O)[C@@H]3Cc4ccccc4CN3C2=O)cc1. The summed E-state index contributed by atoms with van der Waals surface area (Å²) in [5.41, 5.74) is 4.67. The Morgan fingerprint density at radius 3 is 2.50 bits per heavy atom. The number of hydrogen-bond donors (Lipinski definition) is 1. The van der Waals surface area contributed by atoms with Gasteiger partial charge in [-0.3, -0.25) is 9.59 Å². The predicted octanol–water partition coefficient (Wildman–Crippen LogP) is 2.42. The van der Waals surface area contributed by atoms with Crippen LogP contribution in [0.1, 0.15) is 22.3 Å². The highest BCUT2D eigenvalue weighted by Gasteiger charge is 2.40. The molecule has 2 aromatic carbocycles. The van der Waals surface area contributed by atoms with E-state index in [0.717, 1.165) is 22.3 Å². The van der Waals surface area contributed by atoms with Gasteiger partial charge in [0.1, 0.15) is 11.7 Å². The Morgan fingerprint density at radius 2 is 1.75 bits per heavy atom. The van der Waals surface area contributed by atoms with Crippen molar-refractivity contribution in [3.63, 3.8) is 0 Å². The van der Waals surface area contributed by atoms with Crippen LogP contribution >= 0.6 is 0 Å². The molecular weight excluding hydrogens is 300 g/mol. The van der Waals surface area contributed by atoms with Gasteiger partial charge in [0, 0.05) is 13.0 Å². The fraction of sp³-hybridized carbons (Fsp3) is 0.200. The Labute approximate surface area is 140 Å². The maximum atomic E-state index is 12.8. The molecule has 0 saturated carbocycles. The number of carbonyl (C=O) groups excluding carboxylic acids is 2. The van der Waals surface area contributed by atoms with E-state index in [-0.39, 0.29) is 11.8 Å². The van der Waals surface area contributed by atoms with Crippen molar-refractivity contribution in [3.8, 4) is 0 Å². The molecule has 1 atom stereocenters. The molecule has 2 aliphatic heterocycles. The van der Waals surface area contributed by atoms with Crippen molar-refractivity contribution in [2.24, 2.45) is 0 Å². The summed E-state index contributed by atoms with van der Waals surface area (Å²) in [7, 11) is 0. The quantitative estimate of drug-likeness (QED) is 0.821. The van der Waals surface area contributed by atoms with Crippen LogP contribution in [0.3, 0.4) is 0 Å². The molecule has 2 heterocycles. The molecule has 120 valence electrons. The van der Waals surface area contributed by atoms with Crippen molar-refractivity contribution in [1.82, 2.24) is 10.2 Å². The smallest absolute Gasteiger partial charge is 0.271 e. The highest BCUT2D eigenvalue weighted by Crippen LogP contribution is 2.27. The van der Waals surface area contributed by atoms with Crippen LogP contribution < -0.4 is 5.32 Å². The average molecular weight is 318 g/mol. The van der Waals surface area contributed by atoms with E-state index in [0.29, 0.717) is 18.7 Å². The lowest BCUT2D eigenvalue weighted by atomic mass is 9.91. The summed E-state index contributed by atoms with van der Waals surface area (Å²) in [5.74, 6) is -0.225. The first-order valence-corrected chi connectivity index (χ1v) is 8.09. The zero-order chi connectivity index (χ0) is 16.7. The summed E-state index contributed by atoms with van der Waals surface area (Å²) in [5, 5.41) is 2.79. The molecule has 0 unspecified atom stereocenters. The summed E-state index contributed by atoms with van der Waals surface area (Å²) in [6, 6.07) is 15.4. The van der Waals surface area contributed by atoms with E-state index >= 15 is 0 Å². The molecule has 4 nitrogen and oxygen atoms in total. The molecule has 2 aliphatic rings. The molecule has 4 heteroatoms. The van der Waals surface area contributed by atoms with E-state index in [4.69, 9.17) is 0 Å². The predicted molar refractivity (Wildman–Crippen MR) is 91.8 cm³/mol. The normalized spacial score (nSPS) is 21.3. The molecule has 1 N–H and O–H groups in total. The third-order valence-corrected chi connectivity index (χ3v) is 4.69. The molecule has 24 heavy (non-hydrogen) atoms. The van der Waals surface area contributed by atoms with Crippen LogP contribution in [0.5, 0.6) is 0 Å². The maximum Gasteiger partial charge on any atom is 0.271 e. The van der Waals surface area contributed by atoms with E-state index in [9.17, 15) is 9.59 Å².